The second-order valence-corrected chi connectivity index (χ2v) is 7.12. The maximum Gasteiger partial charge on any atom is 0.387 e. The second kappa shape index (κ2) is 8.43. The maximum atomic E-state index is 12.7. The van der Waals surface area contributed by atoms with E-state index in [9.17, 15) is 13.6 Å². The average Bonchev–Trinajstić information content (AvgIpc) is 2.96. The molecule has 2 aromatic rings. The summed E-state index contributed by atoms with van der Waals surface area (Å²) in [5.41, 5.74) is 6.58. The van der Waals surface area contributed by atoms with E-state index in [1.165, 1.54) is 16.8 Å². The molecule has 148 valence electrons. The Morgan fingerprint density at radius 2 is 1.96 bits per heavy atom. The van der Waals surface area contributed by atoms with Gasteiger partial charge in [-0.25, -0.2) is 4.68 Å². The third kappa shape index (κ3) is 5.22. The standard InChI is InChI=1S/C18H25F2N5O2/c1-11(2)9-18(4,10-21)22-16(26)15-12(3)25(24-23-15)13-5-7-14(8-6-13)27-17(19)20/h5-8,11,17H,9-10,21H2,1-4H3,(H,22,26). The van der Waals surface area contributed by atoms with E-state index in [1.807, 2.05) is 6.92 Å². The molecule has 1 amide bonds. The lowest BCUT2D eigenvalue weighted by Crippen LogP contribution is -2.52. The smallest absolute Gasteiger partial charge is 0.387 e. The predicted octanol–water partition coefficient (Wildman–Crippen LogP) is 2.67. The summed E-state index contributed by atoms with van der Waals surface area (Å²) in [5.74, 6) is 0.0477. The minimum atomic E-state index is -2.89. The summed E-state index contributed by atoms with van der Waals surface area (Å²) in [6, 6.07) is 5.92. The van der Waals surface area contributed by atoms with Crippen LogP contribution in [0.3, 0.4) is 0 Å². The van der Waals surface area contributed by atoms with Gasteiger partial charge in [0, 0.05) is 6.54 Å². The first-order valence-electron chi connectivity index (χ1n) is 8.65. The number of nitrogens with one attached hydrogen (secondary N) is 1. The van der Waals surface area contributed by atoms with Crippen molar-refractivity contribution in [3.8, 4) is 11.4 Å². The molecule has 0 aliphatic heterocycles. The number of amides is 1. The molecule has 2 rings (SSSR count). The normalized spacial score (nSPS) is 13.7. The maximum absolute atomic E-state index is 12.7. The molecule has 1 aromatic heterocycles. The molecule has 0 aliphatic carbocycles. The summed E-state index contributed by atoms with van der Waals surface area (Å²) in [7, 11) is 0. The van der Waals surface area contributed by atoms with E-state index >= 15 is 0 Å². The van der Waals surface area contributed by atoms with Crippen LogP contribution in [0.25, 0.3) is 5.69 Å². The molecule has 1 atom stereocenters. The van der Waals surface area contributed by atoms with Crippen molar-refractivity contribution in [3.05, 3.63) is 35.7 Å². The Bertz CT molecular complexity index is 777. The molecule has 27 heavy (non-hydrogen) atoms. The summed E-state index contributed by atoms with van der Waals surface area (Å²) in [5, 5.41) is 10.9. The van der Waals surface area contributed by atoms with E-state index in [2.05, 4.69) is 34.2 Å². The van der Waals surface area contributed by atoms with Gasteiger partial charge in [-0.3, -0.25) is 4.79 Å². The van der Waals surface area contributed by atoms with Crippen molar-refractivity contribution >= 4 is 5.91 Å². The van der Waals surface area contributed by atoms with Gasteiger partial charge in [-0.05, 0) is 50.5 Å². The molecule has 1 aromatic carbocycles. The van der Waals surface area contributed by atoms with Crippen LogP contribution in [0.15, 0.2) is 24.3 Å². The number of hydrogen-bond acceptors (Lipinski definition) is 5. The van der Waals surface area contributed by atoms with Crippen molar-refractivity contribution in [3.63, 3.8) is 0 Å². The van der Waals surface area contributed by atoms with Gasteiger partial charge in [0.2, 0.25) is 0 Å². The van der Waals surface area contributed by atoms with Crippen LogP contribution in [-0.4, -0.2) is 39.6 Å². The zero-order valence-corrected chi connectivity index (χ0v) is 15.9. The number of aromatic nitrogens is 3. The predicted molar refractivity (Wildman–Crippen MR) is 97.1 cm³/mol. The van der Waals surface area contributed by atoms with E-state index < -0.39 is 12.2 Å². The van der Waals surface area contributed by atoms with Crippen molar-refractivity contribution < 1.29 is 18.3 Å². The molecule has 7 nitrogen and oxygen atoms in total. The van der Waals surface area contributed by atoms with Crippen LogP contribution in [0.5, 0.6) is 5.75 Å². The highest BCUT2D eigenvalue weighted by atomic mass is 19.3. The minimum absolute atomic E-state index is 0.0388. The molecule has 9 heteroatoms. The quantitative estimate of drug-likeness (QED) is 0.733. The molecule has 0 radical (unpaired) electrons. The van der Waals surface area contributed by atoms with Gasteiger partial charge in [-0.2, -0.15) is 8.78 Å². The highest BCUT2D eigenvalue weighted by molar-refractivity contribution is 5.93. The van der Waals surface area contributed by atoms with E-state index in [-0.39, 0.29) is 17.4 Å². The van der Waals surface area contributed by atoms with Gasteiger partial charge in [0.15, 0.2) is 5.69 Å². The number of carbonyl (C=O) groups is 1. The number of nitrogens with two attached hydrogens (primary N) is 1. The number of nitrogens with zero attached hydrogens (tertiary/aromatic N) is 3. The van der Waals surface area contributed by atoms with Crippen LogP contribution in [0.1, 0.15) is 43.4 Å². The van der Waals surface area contributed by atoms with E-state index in [0.29, 0.717) is 23.8 Å². The largest absolute Gasteiger partial charge is 0.435 e. The van der Waals surface area contributed by atoms with Gasteiger partial charge >= 0.3 is 6.61 Å². The highest BCUT2D eigenvalue weighted by Gasteiger charge is 2.28. The van der Waals surface area contributed by atoms with Crippen LogP contribution in [0.2, 0.25) is 0 Å². The monoisotopic (exact) mass is 381 g/mol. The molecule has 1 unspecified atom stereocenters. The molecule has 0 spiro atoms. The van der Waals surface area contributed by atoms with Gasteiger partial charge in [-0.1, -0.05) is 19.1 Å². The van der Waals surface area contributed by atoms with Gasteiger partial charge < -0.3 is 15.8 Å². The van der Waals surface area contributed by atoms with Crippen LogP contribution >= 0.6 is 0 Å². The SMILES string of the molecule is Cc1c(C(=O)NC(C)(CN)CC(C)C)nnn1-c1ccc(OC(F)F)cc1. The molecule has 0 aliphatic rings. The van der Waals surface area contributed by atoms with Crippen molar-refractivity contribution in [1.82, 2.24) is 20.3 Å². The van der Waals surface area contributed by atoms with Crippen molar-refractivity contribution in [1.29, 1.82) is 0 Å². The first-order chi connectivity index (χ1) is 12.6. The lowest BCUT2D eigenvalue weighted by Gasteiger charge is -2.30. The number of rotatable bonds is 8. The fraction of sp³-hybridized carbons (Fsp3) is 0.500. The number of halogens is 2. The Morgan fingerprint density at radius 3 is 2.48 bits per heavy atom. The zero-order chi connectivity index (χ0) is 20.2. The van der Waals surface area contributed by atoms with Crippen LogP contribution < -0.4 is 15.8 Å². The van der Waals surface area contributed by atoms with Gasteiger partial charge in [0.1, 0.15) is 5.75 Å². The Hall–Kier alpha value is -2.55. The summed E-state index contributed by atoms with van der Waals surface area (Å²) in [4.78, 5) is 12.7. The fourth-order valence-electron chi connectivity index (χ4n) is 2.97. The summed E-state index contributed by atoms with van der Waals surface area (Å²) in [6.45, 7) is 5.14. The van der Waals surface area contributed by atoms with Gasteiger partial charge in [-0.15, -0.1) is 5.10 Å². The Balaban J connectivity index is 2.20. The Kier molecular flexibility index (Phi) is 6.48. The highest BCUT2D eigenvalue weighted by Crippen LogP contribution is 2.20. The first kappa shape index (κ1) is 20.8. The average molecular weight is 381 g/mol. The minimum Gasteiger partial charge on any atom is -0.435 e. The van der Waals surface area contributed by atoms with Crippen molar-refractivity contribution in [2.45, 2.75) is 46.3 Å². The number of alkyl halides is 2. The number of carbonyl (C=O) groups excluding carboxylic acids is 1. The van der Waals surface area contributed by atoms with E-state index in [1.54, 1.807) is 19.1 Å². The molecule has 0 saturated heterocycles. The number of benzene rings is 1. The van der Waals surface area contributed by atoms with E-state index in [4.69, 9.17) is 5.73 Å². The summed E-state index contributed by atoms with van der Waals surface area (Å²) < 4.78 is 30.3. The van der Waals surface area contributed by atoms with Crippen molar-refractivity contribution in [2.75, 3.05) is 6.54 Å². The lowest BCUT2D eigenvalue weighted by molar-refractivity contribution is -0.0498. The van der Waals surface area contributed by atoms with Crippen LogP contribution in [0, 0.1) is 12.8 Å². The van der Waals surface area contributed by atoms with E-state index in [0.717, 1.165) is 6.42 Å². The molecule has 0 saturated carbocycles. The molecule has 3 N–H and O–H groups in total. The van der Waals surface area contributed by atoms with Gasteiger partial charge in [0.05, 0.1) is 16.9 Å². The zero-order valence-electron chi connectivity index (χ0n) is 15.9. The molecule has 0 fully saturated rings. The molecular weight excluding hydrogens is 356 g/mol. The summed E-state index contributed by atoms with van der Waals surface area (Å²) >= 11 is 0. The third-order valence-corrected chi connectivity index (χ3v) is 4.14. The Labute approximate surface area is 156 Å². The van der Waals surface area contributed by atoms with Crippen LogP contribution in [-0.2, 0) is 0 Å². The van der Waals surface area contributed by atoms with Crippen molar-refractivity contribution in [2.24, 2.45) is 11.7 Å². The topological polar surface area (TPSA) is 95.1 Å². The second-order valence-electron chi connectivity index (χ2n) is 7.12. The Morgan fingerprint density at radius 1 is 1.33 bits per heavy atom. The fourth-order valence-corrected chi connectivity index (χ4v) is 2.97. The molecule has 0 bridgehead atoms. The molecule has 1 heterocycles. The first-order valence-corrected chi connectivity index (χ1v) is 8.65. The van der Waals surface area contributed by atoms with Gasteiger partial charge in [0.25, 0.3) is 5.91 Å². The third-order valence-electron chi connectivity index (χ3n) is 4.14. The number of ether oxygens (including phenoxy) is 1. The lowest BCUT2D eigenvalue weighted by atomic mass is 9.90. The van der Waals surface area contributed by atoms with Crippen LogP contribution in [0.4, 0.5) is 8.78 Å². The molecular formula is C18H25F2N5O2. The summed E-state index contributed by atoms with van der Waals surface area (Å²) in [6.07, 6.45) is 0.730. The number of hydrogen-bond donors (Lipinski definition) is 2.